The Balaban J connectivity index is 2.68. The molecule has 2 amide bonds. The molecule has 0 saturated heterocycles. The molecule has 0 heterocycles. The number of hydrogen-bond donors (Lipinski definition) is 4. The maximum absolute atomic E-state index is 11.7. The third-order valence-electron chi connectivity index (χ3n) is 2.45. The normalized spacial score (nSPS) is 13.8. The van der Waals surface area contributed by atoms with Gasteiger partial charge in [-0.3, -0.25) is 14.8 Å². The summed E-state index contributed by atoms with van der Waals surface area (Å²) in [6, 6.07) is 6.07. The van der Waals surface area contributed by atoms with Crippen LogP contribution in [0.1, 0.15) is 12.5 Å². The second-order valence-electron chi connectivity index (χ2n) is 4.09. The summed E-state index contributed by atoms with van der Waals surface area (Å²) in [5.41, 5.74) is 2.19. The molecule has 0 fully saturated rings. The number of nitrogens with one attached hydrogen (secondary N) is 2. The fourth-order valence-corrected chi connectivity index (χ4v) is 1.88. The first-order valence-corrected chi connectivity index (χ1v) is 6.59. The molecule has 7 heteroatoms. The second kappa shape index (κ2) is 7.78. The van der Waals surface area contributed by atoms with E-state index in [9.17, 15) is 14.7 Å². The summed E-state index contributed by atoms with van der Waals surface area (Å²) in [5, 5.41) is 20.2. The lowest BCUT2D eigenvalue weighted by Gasteiger charge is -2.18. The summed E-state index contributed by atoms with van der Waals surface area (Å²) in [6.07, 6.45) is 1.67. The molecule has 0 bridgehead atoms. The topological polar surface area (TPSA) is 98.7 Å². The number of rotatable bonds is 5. The summed E-state index contributed by atoms with van der Waals surface area (Å²) in [5.74, 6) is -1.44. The number of carbonyl (C=O) groups is 2. The van der Waals surface area contributed by atoms with Gasteiger partial charge in [-0.1, -0.05) is 28.1 Å². The van der Waals surface area contributed by atoms with Gasteiger partial charge in [0.25, 0.3) is 5.91 Å². The van der Waals surface area contributed by atoms with Gasteiger partial charge in [-0.2, -0.15) is 0 Å². The van der Waals surface area contributed by atoms with E-state index in [1.165, 1.54) is 18.5 Å². The van der Waals surface area contributed by atoms with E-state index in [2.05, 4.69) is 21.2 Å². The molecular formula is C13H15BrN2O4. The highest BCUT2D eigenvalue weighted by Gasteiger charge is 2.24. The third-order valence-corrected chi connectivity index (χ3v) is 2.94. The average Bonchev–Trinajstić information content (AvgIpc) is 2.41. The highest BCUT2D eigenvalue weighted by molar-refractivity contribution is 9.10. The second-order valence-corrected chi connectivity index (χ2v) is 5.01. The van der Waals surface area contributed by atoms with E-state index in [-0.39, 0.29) is 0 Å². The van der Waals surface area contributed by atoms with Crippen LogP contribution in [-0.2, 0) is 9.59 Å². The molecule has 0 unspecified atom stereocenters. The standard InChI is InChI=1S/C13H15BrN2O4/c1-8(17)12(13(19)16-20)15-11(18)6-5-9-3-2-4-10(14)7-9/h2-8,12,17,20H,1H3,(H,15,18)(H,16,19)/b6-5+/t8-,12+/m1/s1. The Morgan fingerprint density at radius 2 is 2.10 bits per heavy atom. The van der Waals surface area contributed by atoms with Crippen LogP contribution in [0, 0.1) is 0 Å². The van der Waals surface area contributed by atoms with Crippen LogP contribution in [0.5, 0.6) is 0 Å². The Bertz CT molecular complexity index is 517. The van der Waals surface area contributed by atoms with Crippen LogP contribution in [0.4, 0.5) is 0 Å². The first kappa shape index (κ1) is 16.4. The largest absolute Gasteiger partial charge is 0.391 e. The molecule has 0 aromatic heterocycles. The molecule has 20 heavy (non-hydrogen) atoms. The van der Waals surface area contributed by atoms with Crippen molar-refractivity contribution in [1.29, 1.82) is 0 Å². The molecule has 1 aromatic rings. The van der Waals surface area contributed by atoms with Crippen molar-refractivity contribution in [2.45, 2.75) is 19.1 Å². The van der Waals surface area contributed by atoms with E-state index in [4.69, 9.17) is 5.21 Å². The smallest absolute Gasteiger partial charge is 0.268 e. The lowest BCUT2D eigenvalue weighted by atomic mass is 10.1. The first-order valence-electron chi connectivity index (χ1n) is 5.80. The Labute approximate surface area is 124 Å². The van der Waals surface area contributed by atoms with Crippen molar-refractivity contribution in [2.75, 3.05) is 0 Å². The Hall–Kier alpha value is -1.70. The van der Waals surface area contributed by atoms with Crippen molar-refractivity contribution < 1.29 is 19.9 Å². The molecule has 0 aliphatic rings. The Kier molecular flexibility index (Phi) is 6.37. The monoisotopic (exact) mass is 342 g/mol. The van der Waals surface area contributed by atoms with Gasteiger partial charge >= 0.3 is 0 Å². The Morgan fingerprint density at radius 3 is 2.65 bits per heavy atom. The fourth-order valence-electron chi connectivity index (χ4n) is 1.46. The van der Waals surface area contributed by atoms with E-state index in [0.717, 1.165) is 10.0 Å². The predicted octanol–water partition coefficient (Wildman–Crippen LogP) is 0.833. The van der Waals surface area contributed by atoms with Gasteiger partial charge in [-0.25, -0.2) is 5.48 Å². The molecule has 1 aromatic carbocycles. The quantitative estimate of drug-likeness (QED) is 0.362. The zero-order valence-electron chi connectivity index (χ0n) is 10.7. The predicted molar refractivity (Wildman–Crippen MR) is 76.7 cm³/mol. The van der Waals surface area contributed by atoms with Gasteiger partial charge in [0.15, 0.2) is 0 Å². The zero-order chi connectivity index (χ0) is 15.1. The van der Waals surface area contributed by atoms with Crippen LogP contribution in [0.3, 0.4) is 0 Å². The lowest BCUT2D eigenvalue weighted by molar-refractivity contribution is -0.136. The Morgan fingerprint density at radius 1 is 1.40 bits per heavy atom. The number of amides is 2. The molecule has 0 aliphatic carbocycles. The van der Waals surface area contributed by atoms with Crippen molar-refractivity contribution in [2.24, 2.45) is 0 Å². The summed E-state index contributed by atoms with van der Waals surface area (Å²) < 4.78 is 0.876. The number of aliphatic hydroxyl groups excluding tert-OH is 1. The van der Waals surface area contributed by atoms with E-state index < -0.39 is 24.0 Å². The molecule has 0 aliphatic heterocycles. The van der Waals surface area contributed by atoms with E-state index in [1.807, 2.05) is 18.2 Å². The maximum atomic E-state index is 11.7. The summed E-state index contributed by atoms with van der Waals surface area (Å²) in [6.45, 7) is 1.33. The average molecular weight is 343 g/mol. The maximum Gasteiger partial charge on any atom is 0.268 e. The highest BCUT2D eigenvalue weighted by atomic mass is 79.9. The summed E-state index contributed by atoms with van der Waals surface area (Å²) >= 11 is 3.31. The van der Waals surface area contributed by atoms with E-state index in [1.54, 1.807) is 12.1 Å². The van der Waals surface area contributed by atoms with Gasteiger partial charge in [0.05, 0.1) is 6.10 Å². The number of hydroxylamine groups is 1. The van der Waals surface area contributed by atoms with Gasteiger partial charge in [0.1, 0.15) is 6.04 Å². The summed E-state index contributed by atoms with van der Waals surface area (Å²) in [4.78, 5) is 22.9. The van der Waals surface area contributed by atoms with Crippen LogP contribution < -0.4 is 10.8 Å². The van der Waals surface area contributed by atoms with Crippen molar-refractivity contribution >= 4 is 33.8 Å². The van der Waals surface area contributed by atoms with Gasteiger partial charge in [-0.15, -0.1) is 0 Å². The molecule has 0 radical (unpaired) electrons. The molecule has 6 nitrogen and oxygen atoms in total. The minimum Gasteiger partial charge on any atom is -0.391 e. The van der Waals surface area contributed by atoms with Gasteiger partial charge in [0.2, 0.25) is 5.91 Å². The number of carbonyl (C=O) groups excluding carboxylic acids is 2. The van der Waals surface area contributed by atoms with Crippen molar-refractivity contribution in [3.63, 3.8) is 0 Å². The molecule has 1 rings (SSSR count). The van der Waals surface area contributed by atoms with E-state index in [0.29, 0.717) is 0 Å². The molecule has 4 N–H and O–H groups in total. The van der Waals surface area contributed by atoms with Gasteiger partial charge in [0, 0.05) is 10.5 Å². The SMILES string of the molecule is C[C@@H](O)[C@H](NC(=O)/C=C/c1cccc(Br)c1)C(=O)NO. The minimum absolute atomic E-state index is 0.556. The van der Waals surface area contributed by atoms with Crippen molar-refractivity contribution in [3.8, 4) is 0 Å². The number of benzene rings is 1. The third kappa shape index (κ3) is 5.12. The fraction of sp³-hybridized carbons (Fsp3) is 0.231. The lowest BCUT2D eigenvalue weighted by Crippen LogP contribution is -2.51. The zero-order valence-corrected chi connectivity index (χ0v) is 12.3. The first-order chi connectivity index (χ1) is 9.43. The molecular weight excluding hydrogens is 328 g/mol. The van der Waals surface area contributed by atoms with Gasteiger partial charge in [-0.05, 0) is 30.7 Å². The molecule has 108 valence electrons. The molecule has 0 spiro atoms. The minimum atomic E-state index is -1.22. The van der Waals surface area contributed by atoms with Crippen LogP contribution >= 0.6 is 15.9 Å². The van der Waals surface area contributed by atoms with Crippen molar-refractivity contribution in [1.82, 2.24) is 10.8 Å². The molecule has 0 saturated carbocycles. The van der Waals surface area contributed by atoms with Crippen LogP contribution in [-0.4, -0.2) is 34.3 Å². The summed E-state index contributed by atoms with van der Waals surface area (Å²) in [7, 11) is 0. The molecule has 2 atom stereocenters. The van der Waals surface area contributed by atoms with Crippen LogP contribution in [0.2, 0.25) is 0 Å². The number of aliphatic hydroxyl groups is 1. The van der Waals surface area contributed by atoms with Crippen LogP contribution in [0.15, 0.2) is 34.8 Å². The number of hydrogen-bond acceptors (Lipinski definition) is 4. The number of halogens is 1. The van der Waals surface area contributed by atoms with Crippen LogP contribution in [0.25, 0.3) is 6.08 Å². The van der Waals surface area contributed by atoms with Gasteiger partial charge < -0.3 is 10.4 Å². The van der Waals surface area contributed by atoms with E-state index >= 15 is 0 Å². The van der Waals surface area contributed by atoms with Crippen molar-refractivity contribution in [3.05, 3.63) is 40.4 Å². The highest BCUT2D eigenvalue weighted by Crippen LogP contribution is 2.12.